The van der Waals surface area contributed by atoms with E-state index in [2.05, 4.69) is 9.88 Å². The van der Waals surface area contributed by atoms with E-state index < -0.39 is 0 Å². The maximum absolute atomic E-state index is 11.8. The molecule has 1 saturated heterocycles. The first kappa shape index (κ1) is 18.7. The minimum atomic E-state index is -0.307. The van der Waals surface area contributed by atoms with Crippen molar-refractivity contribution in [2.45, 2.75) is 25.4 Å². The van der Waals surface area contributed by atoms with Crippen LogP contribution < -0.4 is 5.73 Å². The molecule has 0 spiro atoms. The number of fused-ring (bicyclic) bond motifs is 2. The van der Waals surface area contributed by atoms with E-state index in [4.69, 9.17) is 10.2 Å². The minimum absolute atomic E-state index is 0.126. The Morgan fingerprint density at radius 1 is 1.13 bits per heavy atom. The first-order valence-electron chi connectivity index (χ1n) is 10.1. The molecule has 0 amide bonds. The maximum atomic E-state index is 11.8. The molecule has 1 fully saturated rings. The maximum Gasteiger partial charge on any atom is 0.274 e. The zero-order valence-electron chi connectivity index (χ0n) is 16.5. The van der Waals surface area contributed by atoms with Crippen molar-refractivity contribution >= 4 is 27.4 Å². The van der Waals surface area contributed by atoms with Crippen LogP contribution >= 0.6 is 0 Å². The predicted molar refractivity (Wildman–Crippen MR) is 116 cm³/mol. The summed E-state index contributed by atoms with van der Waals surface area (Å²) in [5, 5.41) is 14.4. The lowest BCUT2D eigenvalue weighted by Crippen LogP contribution is -2.39. The molecule has 2 aromatic heterocycles. The molecule has 1 aliphatic heterocycles. The van der Waals surface area contributed by atoms with Crippen LogP contribution in [0.2, 0.25) is 0 Å². The van der Waals surface area contributed by atoms with Crippen LogP contribution in [0.4, 0.5) is 5.69 Å². The summed E-state index contributed by atoms with van der Waals surface area (Å²) in [6, 6.07) is 13.6. The largest absolute Gasteiger partial charge is 0.456 e. The van der Waals surface area contributed by atoms with E-state index in [-0.39, 0.29) is 16.7 Å². The summed E-state index contributed by atoms with van der Waals surface area (Å²) >= 11 is 0. The van der Waals surface area contributed by atoms with Gasteiger partial charge < -0.3 is 10.2 Å². The number of hydrogen-bond acceptors (Lipinski definition) is 6. The highest BCUT2D eigenvalue weighted by molar-refractivity contribution is 5.98. The first-order valence-corrected chi connectivity index (χ1v) is 10.1. The summed E-state index contributed by atoms with van der Waals surface area (Å²) in [5.41, 5.74) is 8.47. The van der Waals surface area contributed by atoms with Crippen LogP contribution in [0, 0.1) is 10.1 Å². The van der Waals surface area contributed by atoms with Gasteiger partial charge >= 0.3 is 0 Å². The summed E-state index contributed by atoms with van der Waals surface area (Å²) in [7, 11) is 0. The van der Waals surface area contributed by atoms with Gasteiger partial charge in [0, 0.05) is 52.9 Å². The van der Waals surface area contributed by atoms with Crippen molar-refractivity contribution < 1.29 is 9.34 Å². The van der Waals surface area contributed by atoms with Crippen molar-refractivity contribution in [2.24, 2.45) is 5.73 Å². The number of rotatable bonds is 4. The number of benzene rings is 2. The normalized spacial score (nSPS) is 15.8. The van der Waals surface area contributed by atoms with Gasteiger partial charge in [0.25, 0.3) is 5.69 Å². The lowest BCUT2D eigenvalue weighted by molar-refractivity contribution is -0.385. The van der Waals surface area contributed by atoms with E-state index in [0.29, 0.717) is 17.9 Å². The monoisotopic (exact) mass is 402 g/mol. The molecular weight excluding hydrogens is 380 g/mol. The average Bonchev–Trinajstić information content (AvgIpc) is 3.18. The van der Waals surface area contributed by atoms with Gasteiger partial charge in [-0.1, -0.05) is 18.2 Å². The van der Waals surface area contributed by atoms with Crippen molar-refractivity contribution in [2.75, 3.05) is 13.1 Å². The molecule has 30 heavy (non-hydrogen) atoms. The zero-order chi connectivity index (χ0) is 20.7. The molecule has 1 aliphatic rings. The summed E-state index contributed by atoms with van der Waals surface area (Å²) in [5.74, 6) is 0.707. The number of furan rings is 1. The summed E-state index contributed by atoms with van der Waals surface area (Å²) in [6.45, 7) is 2.23. The van der Waals surface area contributed by atoms with Gasteiger partial charge in [0.05, 0.1) is 4.92 Å². The molecule has 0 bridgehead atoms. The van der Waals surface area contributed by atoms with E-state index in [1.807, 2.05) is 36.4 Å². The predicted octanol–water partition coefficient (Wildman–Crippen LogP) is 4.48. The Bertz CT molecular complexity index is 1210. The van der Waals surface area contributed by atoms with Crippen LogP contribution in [-0.4, -0.2) is 33.9 Å². The highest BCUT2D eigenvalue weighted by Gasteiger charge is 2.22. The fourth-order valence-electron chi connectivity index (χ4n) is 4.21. The topological polar surface area (TPSA) is 98.4 Å². The molecule has 2 aromatic carbocycles. The number of nitrogens with two attached hydrogens (primary N) is 1. The zero-order valence-corrected chi connectivity index (χ0v) is 16.5. The van der Waals surface area contributed by atoms with Gasteiger partial charge in [0.1, 0.15) is 11.3 Å². The number of para-hydroxylation sites is 1. The van der Waals surface area contributed by atoms with E-state index in [1.165, 1.54) is 0 Å². The third-order valence-electron chi connectivity index (χ3n) is 5.87. The second-order valence-corrected chi connectivity index (χ2v) is 7.91. The smallest absolute Gasteiger partial charge is 0.274 e. The van der Waals surface area contributed by atoms with E-state index >= 15 is 0 Å². The Labute approximate surface area is 173 Å². The highest BCUT2D eigenvalue weighted by atomic mass is 16.6. The number of nitrogens with zero attached hydrogens (tertiary/aromatic N) is 3. The van der Waals surface area contributed by atoms with Crippen LogP contribution in [0.1, 0.15) is 18.4 Å². The standard InChI is InChI=1S/C23H22N4O3/c24-18-5-7-26(8-6-18)14-17-9-19-16(10-21(17)27(28)29)12-25-13-20(19)23-11-15-3-1-2-4-22(15)30-23/h1-4,9-13,18H,5-8,14,24H2. The Morgan fingerprint density at radius 2 is 1.93 bits per heavy atom. The van der Waals surface area contributed by atoms with Crippen molar-refractivity contribution in [3.8, 4) is 11.3 Å². The molecular formula is C23H22N4O3. The number of nitro benzene ring substituents is 1. The average molecular weight is 402 g/mol. The van der Waals surface area contributed by atoms with Crippen LogP contribution in [-0.2, 0) is 6.54 Å². The van der Waals surface area contributed by atoms with Gasteiger partial charge in [-0.25, -0.2) is 0 Å². The van der Waals surface area contributed by atoms with Crippen LogP contribution in [0.3, 0.4) is 0 Å². The Balaban J connectivity index is 1.61. The quantitative estimate of drug-likeness (QED) is 0.399. The molecule has 0 aliphatic carbocycles. The minimum Gasteiger partial charge on any atom is -0.456 e. The number of nitro groups is 1. The summed E-state index contributed by atoms with van der Waals surface area (Å²) in [6.07, 6.45) is 5.25. The molecule has 0 unspecified atom stereocenters. The fourth-order valence-corrected chi connectivity index (χ4v) is 4.21. The number of likely N-dealkylation sites (tertiary alicyclic amines) is 1. The van der Waals surface area contributed by atoms with E-state index in [1.54, 1.807) is 18.5 Å². The molecule has 0 saturated carbocycles. The molecule has 5 rings (SSSR count). The molecule has 2 N–H and O–H groups in total. The lowest BCUT2D eigenvalue weighted by atomic mass is 10.00. The summed E-state index contributed by atoms with van der Waals surface area (Å²) < 4.78 is 6.04. The third kappa shape index (κ3) is 3.42. The molecule has 7 nitrogen and oxygen atoms in total. The van der Waals surface area contributed by atoms with Crippen LogP contribution in [0.5, 0.6) is 0 Å². The second kappa shape index (κ2) is 7.51. The third-order valence-corrected chi connectivity index (χ3v) is 5.87. The number of pyridine rings is 1. The summed E-state index contributed by atoms with van der Waals surface area (Å²) in [4.78, 5) is 18.0. The fraction of sp³-hybridized carbons (Fsp3) is 0.261. The van der Waals surface area contributed by atoms with Crippen LogP contribution in [0.25, 0.3) is 33.1 Å². The Hall–Kier alpha value is -3.29. The second-order valence-electron chi connectivity index (χ2n) is 7.91. The number of aromatic nitrogens is 1. The SMILES string of the molecule is NC1CCN(Cc2cc3c(-c4cc5ccccc5o4)cncc3cc2[N+](=O)[O-])CC1. The molecule has 4 aromatic rings. The molecule has 0 radical (unpaired) electrons. The number of hydrogen-bond donors (Lipinski definition) is 1. The van der Waals surface area contributed by atoms with Gasteiger partial charge in [-0.15, -0.1) is 0 Å². The van der Waals surface area contributed by atoms with Gasteiger partial charge in [0.2, 0.25) is 0 Å². The van der Waals surface area contributed by atoms with Gasteiger partial charge in [0.15, 0.2) is 0 Å². The van der Waals surface area contributed by atoms with Gasteiger partial charge in [-0.2, -0.15) is 0 Å². The van der Waals surface area contributed by atoms with E-state index in [9.17, 15) is 10.1 Å². The highest BCUT2D eigenvalue weighted by Crippen LogP contribution is 2.35. The van der Waals surface area contributed by atoms with Crippen molar-refractivity contribution in [3.63, 3.8) is 0 Å². The molecule has 3 heterocycles. The van der Waals surface area contributed by atoms with Crippen molar-refractivity contribution in [1.29, 1.82) is 0 Å². The first-order chi connectivity index (χ1) is 14.6. The molecule has 0 atom stereocenters. The lowest BCUT2D eigenvalue weighted by Gasteiger charge is -2.30. The Morgan fingerprint density at radius 3 is 2.70 bits per heavy atom. The molecule has 152 valence electrons. The van der Waals surface area contributed by atoms with E-state index in [0.717, 1.165) is 53.2 Å². The van der Waals surface area contributed by atoms with Gasteiger partial charge in [-0.3, -0.25) is 20.0 Å². The van der Waals surface area contributed by atoms with Crippen molar-refractivity contribution in [1.82, 2.24) is 9.88 Å². The Kier molecular flexibility index (Phi) is 4.69. The van der Waals surface area contributed by atoms with Gasteiger partial charge in [-0.05, 0) is 49.5 Å². The van der Waals surface area contributed by atoms with Crippen molar-refractivity contribution in [3.05, 3.63) is 70.5 Å². The van der Waals surface area contributed by atoms with Crippen LogP contribution in [0.15, 0.2) is 59.3 Å². The number of piperidine rings is 1. The molecule has 7 heteroatoms.